The second-order valence-electron chi connectivity index (χ2n) is 13.8. The molecule has 0 aliphatic heterocycles. The molecule has 2 rings (SSSR count). The molecule has 0 unspecified atom stereocenters. The molecule has 0 bridgehead atoms. The van der Waals surface area contributed by atoms with Gasteiger partial charge in [0.05, 0.1) is 12.2 Å². The van der Waals surface area contributed by atoms with Crippen LogP contribution >= 0.6 is 0 Å². The molecule has 0 fully saturated rings. The van der Waals surface area contributed by atoms with Gasteiger partial charge >= 0.3 is 0 Å². The van der Waals surface area contributed by atoms with Gasteiger partial charge in [0.2, 0.25) is 0 Å². The smallest absolute Gasteiger partial charge is 0.0729 e. The Kier molecular flexibility index (Phi) is 13.5. The van der Waals surface area contributed by atoms with Crippen molar-refractivity contribution in [3.05, 3.63) is 131 Å². The van der Waals surface area contributed by atoms with E-state index >= 15 is 0 Å². The van der Waals surface area contributed by atoms with Gasteiger partial charge in [0.1, 0.15) is 0 Å². The Morgan fingerprint density at radius 1 is 0.571 bits per heavy atom. The lowest BCUT2D eigenvalue weighted by Crippen LogP contribution is -2.32. The minimum absolute atomic E-state index is 0.0574. The standard InChI is InChI=1S/C40H56O2/c1-29(17-13-19-31(3)21-23-37-33(5)25-35(41)27-39(37,7)8)15-11-12-16-30(2)18-14-20-32(4)22-24-38-34(6)26-36(42)28-40(38,9)10/h11-26,35-38,41-42H,27-28H2,1-10H3/b12-11+,17-13+,18-14+,23-21+,24-22+,29-15+,30-16+,31-19+,32-20+/t35-,36-,37-,38-/m0/s1. The highest BCUT2D eigenvalue weighted by Gasteiger charge is 2.35. The first-order valence-electron chi connectivity index (χ1n) is 15.4. The van der Waals surface area contributed by atoms with Gasteiger partial charge in [0, 0.05) is 11.8 Å². The summed E-state index contributed by atoms with van der Waals surface area (Å²) in [7, 11) is 0. The summed E-state index contributed by atoms with van der Waals surface area (Å²) in [4.78, 5) is 0. The van der Waals surface area contributed by atoms with E-state index < -0.39 is 0 Å². The molecular formula is C40H56O2. The van der Waals surface area contributed by atoms with Crippen LogP contribution in [0.15, 0.2) is 131 Å². The van der Waals surface area contributed by atoms with Gasteiger partial charge in [-0.15, -0.1) is 0 Å². The van der Waals surface area contributed by atoms with Gasteiger partial charge in [-0.1, -0.05) is 158 Å². The molecule has 0 amide bonds. The fraction of sp³-hybridized carbons (Fsp3) is 0.450. The molecule has 0 heterocycles. The van der Waals surface area contributed by atoms with Crippen LogP contribution in [0.3, 0.4) is 0 Å². The van der Waals surface area contributed by atoms with Crippen LogP contribution in [0.1, 0.15) is 82.1 Å². The number of rotatable bonds is 10. The summed E-state index contributed by atoms with van der Waals surface area (Å²) in [5.41, 5.74) is 7.40. The number of aliphatic hydroxyl groups is 2. The van der Waals surface area contributed by atoms with Crippen molar-refractivity contribution in [1.82, 2.24) is 0 Å². The molecule has 0 aromatic carbocycles. The van der Waals surface area contributed by atoms with E-state index in [4.69, 9.17) is 0 Å². The van der Waals surface area contributed by atoms with Gasteiger partial charge in [-0.3, -0.25) is 0 Å². The van der Waals surface area contributed by atoms with Crippen LogP contribution in [0.25, 0.3) is 0 Å². The fourth-order valence-electron chi connectivity index (χ4n) is 6.16. The van der Waals surface area contributed by atoms with Crippen molar-refractivity contribution in [3.63, 3.8) is 0 Å². The predicted octanol–water partition coefficient (Wildman–Crippen LogP) is 10.3. The van der Waals surface area contributed by atoms with Crippen molar-refractivity contribution in [2.75, 3.05) is 0 Å². The van der Waals surface area contributed by atoms with Crippen LogP contribution in [0.5, 0.6) is 0 Å². The second kappa shape index (κ2) is 16.1. The molecule has 0 saturated heterocycles. The maximum absolute atomic E-state index is 10.1. The van der Waals surface area contributed by atoms with Crippen molar-refractivity contribution in [2.45, 2.75) is 94.3 Å². The third-order valence-electron chi connectivity index (χ3n) is 8.41. The predicted molar refractivity (Wildman–Crippen MR) is 184 cm³/mol. The zero-order valence-electron chi connectivity index (χ0n) is 27.9. The van der Waals surface area contributed by atoms with E-state index in [-0.39, 0.29) is 23.0 Å². The molecule has 0 radical (unpaired) electrons. The van der Waals surface area contributed by atoms with E-state index in [0.717, 1.165) is 12.8 Å². The van der Waals surface area contributed by atoms with Crippen molar-refractivity contribution in [1.29, 1.82) is 0 Å². The quantitative estimate of drug-likeness (QED) is 0.203. The van der Waals surface area contributed by atoms with Gasteiger partial charge < -0.3 is 10.2 Å². The highest BCUT2D eigenvalue weighted by molar-refractivity contribution is 5.33. The Hall–Kier alpha value is -2.94. The van der Waals surface area contributed by atoms with Crippen LogP contribution in [0.2, 0.25) is 0 Å². The van der Waals surface area contributed by atoms with Crippen molar-refractivity contribution in [2.24, 2.45) is 22.7 Å². The summed E-state index contributed by atoms with van der Waals surface area (Å²) in [6.07, 6.45) is 35.0. The topological polar surface area (TPSA) is 40.5 Å². The minimum Gasteiger partial charge on any atom is -0.389 e. The summed E-state index contributed by atoms with van der Waals surface area (Å²) >= 11 is 0. The van der Waals surface area contributed by atoms with E-state index in [9.17, 15) is 10.2 Å². The number of hydrogen-bond acceptors (Lipinski definition) is 2. The van der Waals surface area contributed by atoms with Crippen LogP contribution in [-0.4, -0.2) is 22.4 Å². The molecule has 0 saturated carbocycles. The first kappa shape index (κ1) is 35.3. The lowest BCUT2D eigenvalue weighted by molar-refractivity contribution is 0.117. The maximum Gasteiger partial charge on any atom is 0.0729 e. The zero-order valence-corrected chi connectivity index (χ0v) is 27.9. The largest absolute Gasteiger partial charge is 0.389 e. The molecule has 0 spiro atoms. The molecule has 2 heteroatoms. The molecule has 228 valence electrons. The molecular weight excluding hydrogens is 512 g/mol. The number of hydrogen-bond donors (Lipinski definition) is 2. The van der Waals surface area contributed by atoms with E-state index in [1.807, 2.05) is 12.2 Å². The summed E-state index contributed by atoms with van der Waals surface area (Å²) in [6.45, 7) is 21.6. The second-order valence-corrected chi connectivity index (χ2v) is 13.8. The van der Waals surface area contributed by atoms with E-state index in [1.165, 1.54) is 33.4 Å². The summed E-state index contributed by atoms with van der Waals surface area (Å²) in [5.74, 6) is 0.696. The first-order chi connectivity index (χ1) is 19.6. The lowest BCUT2D eigenvalue weighted by Gasteiger charge is -2.38. The average molecular weight is 569 g/mol. The van der Waals surface area contributed by atoms with E-state index in [2.05, 4.69) is 154 Å². The molecule has 0 aromatic rings. The Balaban J connectivity index is 1.89. The molecule has 2 aliphatic rings. The first-order valence-corrected chi connectivity index (χ1v) is 15.4. The van der Waals surface area contributed by atoms with Gasteiger partial charge in [0.25, 0.3) is 0 Å². The van der Waals surface area contributed by atoms with Gasteiger partial charge in [-0.2, -0.15) is 0 Å². The Labute approximate surface area is 257 Å². The fourth-order valence-corrected chi connectivity index (χ4v) is 6.16. The average Bonchev–Trinajstić information content (AvgIpc) is 2.84. The third kappa shape index (κ3) is 11.7. The summed E-state index contributed by atoms with van der Waals surface area (Å²) in [5, 5.41) is 20.1. The Morgan fingerprint density at radius 2 is 0.881 bits per heavy atom. The summed E-state index contributed by atoms with van der Waals surface area (Å²) < 4.78 is 0. The SMILES string of the molecule is CC1=C[C@H](O)CC(C)(C)[C@H]1/C=C/C(C)=C/C=C/C(C)=C/C=C/C=C(C)/C=C/C=C(C)/C=C/[C@H]1C(C)=C[C@H](O)CC1(C)C. The monoisotopic (exact) mass is 568 g/mol. The van der Waals surface area contributed by atoms with E-state index in [1.54, 1.807) is 0 Å². The van der Waals surface area contributed by atoms with Crippen LogP contribution < -0.4 is 0 Å². The Bertz CT molecular complexity index is 1160. The van der Waals surface area contributed by atoms with E-state index in [0.29, 0.717) is 11.8 Å². The molecule has 2 nitrogen and oxygen atoms in total. The summed E-state index contributed by atoms with van der Waals surface area (Å²) in [6, 6.07) is 0. The molecule has 42 heavy (non-hydrogen) atoms. The van der Waals surface area contributed by atoms with Gasteiger partial charge in [0.15, 0.2) is 0 Å². The molecule has 0 aromatic heterocycles. The number of allylic oxidation sites excluding steroid dienone is 20. The molecule has 2 aliphatic carbocycles. The van der Waals surface area contributed by atoms with Crippen LogP contribution in [-0.2, 0) is 0 Å². The maximum atomic E-state index is 10.1. The minimum atomic E-state index is -0.331. The van der Waals surface area contributed by atoms with Crippen molar-refractivity contribution < 1.29 is 10.2 Å². The Morgan fingerprint density at radius 3 is 1.21 bits per heavy atom. The number of aliphatic hydroxyl groups excluding tert-OH is 2. The molecule has 4 atom stereocenters. The lowest BCUT2D eigenvalue weighted by atomic mass is 9.67. The highest BCUT2D eigenvalue weighted by atomic mass is 16.3. The van der Waals surface area contributed by atoms with Crippen LogP contribution in [0.4, 0.5) is 0 Å². The van der Waals surface area contributed by atoms with Crippen molar-refractivity contribution >= 4 is 0 Å². The van der Waals surface area contributed by atoms with Gasteiger partial charge in [-0.05, 0) is 65.2 Å². The van der Waals surface area contributed by atoms with Gasteiger partial charge in [-0.25, -0.2) is 0 Å². The third-order valence-corrected chi connectivity index (χ3v) is 8.41. The van der Waals surface area contributed by atoms with Crippen molar-refractivity contribution in [3.8, 4) is 0 Å². The normalized spacial score (nSPS) is 28.1. The zero-order chi connectivity index (χ0) is 31.5. The molecule has 2 N–H and O–H groups in total. The highest BCUT2D eigenvalue weighted by Crippen LogP contribution is 2.42. The van der Waals surface area contributed by atoms with Crippen LogP contribution in [0, 0.1) is 22.7 Å².